The van der Waals surface area contributed by atoms with Gasteiger partial charge in [0.25, 0.3) is 0 Å². The van der Waals surface area contributed by atoms with E-state index < -0.39 is 80.3 Å². The first kappa shape index (κ1) is 26.6. The number of rotatable bonds is 3. The number of phenolic OH excluding ortho intramolecular Hbond substituents is 1. The van der Waals surface area contributed by atoms with Crippen LogP contribution in [0.2, 0.25) is 0 Å². The van der Waals surface area contributed by atoms with Crippen LogP contribution in [-0.4, -0.2) is 54.6 Å². The molecule has 0 spiro atoms. The third-order valence-electron chi connectivity index (χ3n) is 9.10. The second-order valence-corrected chi connectivity index (χ2v) is 11.1. The van der Waals surface area contributed by atoms with Crippen molar-refractivity contribution in [1.29, 1.82) is 0 Å². The van der Waals surface area contributed by atoms with Gasteiger partial charge in [-0.05, 0) is 42.0 Å². The van der Waals surface area contributed by atoms with Crippen molar-refractivity contribution < 1.29 is 39.9 Å². The Morgan fingerprint density at radius 2 is 1.76 bits per heavy atom. The van der Waals surface area contributed by atoms with E-state index in [-0.39, 0.29) is 11.3 Å². The minimum atomic E-state index is -2.90. The van der Waals surface area contributed by atoms with E-state index in [1.807, 2.05) is 0 Å². The molecule has 1 saturated carbocycles. The number of carbonyl (C=O) groups is 3. The lowest BCUT2D eigenvalue weighted by Crippen LogP contribution is -2.75. The third kappa shape index (κ3) is 2.83. The van der Waals surface area contributed by atoms with E-state index >= 15 is 0 Å². The lowest BCUT2D eigenvalue weighted by atomic mass is 9.40. The highest BCUT2D eigenvalue weighted by molar-refractivity contribution is 6.24. The van der Waals surface area contributed by atoms with E-state index in [1.165, 1.54) is 13.0 Å². The Kier molecular flexibility index (Phi) is 5.77. The molecule has 8 heteroatoms. The number of aromatic hydroxyl groups is 1. The monoisotopic (exact) mass is 508 g/mol. The Morgan fingerprint density at radius 3 is 2.27 bits per heavy atom. The van der Waals surface area contributed by atoms with E-state index in [0.29, 0.717) is 11.1 Å². The molecule has 4 rings (SSSR count). The number of ketones is 3. The fraction of sp³-hybridized carbons (Fsp3) is 0.448. The smallest absolute Gasteiger partial charge is 0.203 e. The number of hydrogen-bond donors (Lipinski definition) is 5. The molecule has 1 fully saturated rings. The maximum absolute atomic E-state index is 14.3. The topological polar surface area (TPSA) is 152 Å². The summed E-state index contributed by atoms with van der Waals surface area (Å²) in [6, 6.07) is 2.92. The van der Waals surface area contributed by atoms with Gasteiger partial charge in [-0.1, -0.05) is 47.3 Å². The second-order valence-electron chi connectivity index (χ2n) is 11.1. The Hall–Kier alpha value is -3.45. The van der Waals surface area contributed by atoms with Crippen LogP contribution in [0.4, 0.5) is 0 Å². The maximum atomic E-state index is 14.3. The van der Waals surface area contributed by atoms with Crippen molar-refractivity contribution in [3.63, 3.8) is 0 Å². The number of hydrogen-bond acceptors (Lipinski definition) is 8. The molecule has 1 aromatic rings. The van der Waals surface area contributed by atoms with Crippen molar-refractivity contribution in [3.05, 3.63) is 58.0 Å². The summed E-state index contributed by atoms with van der Waals surface area (Å²) in [5, 5.41) is 57.6. The third-order valence-corrected chi connectivity index (χ3v) is 9.10. The molecule has 3 aliphatic rings. The van der Waals surface area contributed by atoms with Gasteiger partial charge in [0.15, 0.2) is 17.2 Å². The highest BCUT2D eigenvalue weighted by Crippen LogP contribution is 2.67. The molecule has 8 nitrogen and oxygen atoms in total. The van der Waals surface area contributed by atoms with E-state index in [2.05, 4.69) is 12.3 Å². The first-order valence-electron chi connectivity index (χ1n) is 12.2. The zero-order valence-electron chi connectivity index (χ0n) is 21.7. The van der Waals surface area contributed by atoms with E-state index in [1.54, 1.807) is 39.8 Å². The highest BCUT2D eigenvalue weighted by atomic mass is 16.4. The molecule has 0 aromatic heterocycles. The van der Waals surface area contributed by atoms with Crippen LogP contribution in [0.3, 0.4) is 0 Å². The summed E-state index contributed by atoms with van der Waals surface area (Å²) >= 11 is 0. The van der Waals surface area contributed by atoms with E-state index in [9.17, 15) is 39.9 Å². The molecule has 0 aliphatic heterocycles. The summed E-state index contributed by atoms with van der Waals surface area (Å²) < 4.78 is 0. The number of allylic oxidation sites excluding steroid dienone is 1. The van der Waals surface area contributed by atoms with Crippen LogP contribution >= 0.6 is 0 Å². The molecule has 0 radical (unpaired) electrons. The normalized spacial score (nSPS) is 35.1. The number of aliphatic hydroxyl groups is 4. The minimum absolute atomic E-state index is 0.0562. The largest absolute Gasteiger partial charge is 0.508 e. The molecule has 3 aliphatic carbocycles. The zero-order valence-corrected chi connectivity index (χ0v) is 21.7. The first-order chi connectivity index (χ1) is 17.1. The molecule has 6 atom stereocenters. The average Bonchev–Trinajstić information content (AvgIpc) is 2.80. The van der Waals surface area contributed by atoms with Gasteiger partial charge in [-0.15, -0.1) is 5.73 Å². The molecule has 1 unspecified atom stereocenters. The van der Waals surface area contributed by atoms with Crippen molar-refractivity contribution in [1.82, 2.24) is 0 Å². The number of benzene rings is 1. The van der Waals surface area contributed by atoms with Gasteiger partial charge in [-0.3, -0.25) is 14.4 Å². The van der Waals surface area contributed by atoms with Crippen LogP contribution in [-0.2, 0) is 14.4 Å². The Morgan fingerprint density at radius 1 is 1.16 bits per heavy atom. The summed E-state index contributed by atoms with van der Waals surface area (Å²) in [6.07, 6.45) is -0.127. The van der Waals surface area contributed by atoms with Gasteiger partial charge in [0.1, 0.15) is 22.8 Å². The van der Waals surface area contributed by atoms with Gasteiger partial charge in [0.05, 0.1) is 17.2 Å². The van der Waals surface area contributed by atoms with Gasteiger partial charge in [0.2, 0.25) is 5.78 Å². The molecular formula is C29H32O8. The standard InChI is InChI=1S/C29H32O8/c1-8-9-15-10-11-16(31)19-17(15)13(4)27(6)21(23(19)33)25(35)29(37)24(34)18(14(5)30)22(32)20(12(2)3)28(29,7)26(27)36/h9-13,20,26,31,33-34,36-37H,1H2,2-7H3/t13-,20?,26-,27+,28+,29+/m1/s1. The average molecular weight is 509 g/mol. The number of aliphatic hydroxyl groups excluding tert-OH is 3. The lowest BCUT2D eigenvalue weighted by molar-refractivity contribution is -0.215. The fourth-order valence-electron chi connectivity index (χ4n) is 7.26. The fourth-order valence-corrected chi connectivity index (χ4v) is 7.26. The first-order valence-corrected chi connectivity index (χ1v) is 12.2. The van der Waals surface area contributed by atoms with Crippen molar-refractivity contribution >= 4 is 29.2 Å². The second kappa shape index (κ2) is 8.02. The van der Waals surface area contributed by atoms with E-state index in [0.717, 1.165) is 6.92 Å². The summed E-state index contributed by atoms with van der Waals surface area (Å²) in [4.78, 5) is 40.3. The molecule has 0 bridgehead atoms. The Balaban J connectivity index is 2.21. The van der Waals surface area contributed by atoms with Crippen LogP contribution in [0.25, 0.3) is 11.8 Å². The highest BCUT2D eigenvalue weighted by Gasteiger charge is 2.77. The van der Waals surface area contributed by atoms with Crippen molar-refractivity contribution in [2.75, 3.05) is 0 Å². The zero-order chi connectivity index (χ0) is 28.0. The van der Waals surface area contributed by atoms with Crippen LogP contribution < -0.4 is 0 Å². The summed E-state index contributed by atoms with van der Waals surface area (Å²) in [5.74, 6) is -7.39. The van der Waals surface area contributed by atoms with Crippen LogP contribution in [0.15, 0.2) is 41.3 Å². The number of carbonyl (C=O) groups excluding carboxylic acids is 3. The molecular weight excluding hydrogens is 476 g/mol. The molecule has 196 valence electrons. The SMILES string of the molecule is C=C=Cc1ccc(O)c2c1[C@@H](C)[C@@]1(C)C(=C2O)C(=O)[C@@]2(O)C(O)=C(C(C)=O)C(=O)C(C(C)C)[C@@]2(C)[C@@H]1O. The summed E-state index contributed by atoms with van der Waals surface area (Å²) in [6.45, 7) is 12.6. The van der Waals surface area contributed by atoms with Crippen molar-refractivity contribution in [2.24, 2.45) is 22.7 Å². The van der Waals surface area contributed by atoms with Crippen LogP contribution in [0.1, 0.15) is 64.2 Å². The summed E-state index contributed by atoms with van der Waals surface area (Å²) in [7, 11) is 0. The molecule has 0 saturated heterocycles. The van der Waals surface area contributed by atoms with Gasteiger partial charge in [-0.2, -0.15) is 0 Å². The summed E-state index contributed by atoms with van der Waals surface area (Å²) in [5.41, 5.74) is -3.99. The minimum Gasteiger partial charge on any atom is -0.508 e. The van der Waals surface area contributed by atoms with Crippen molar-refractivity contribution in [3.8, 4) is 5.75 Å². The molecule has 0 amide bonds. The van der Waals surface area contributed by atoms with Gasteiger partial charge in [-0.25, -0.2) is 0 Å². The predicted octanol–water partition coefficient (Wildman–Crippen LogP) is 3.52. The number of fused-ring (bicyclic) bond motifs is 3. The molecule has 1 aromatic carbocycles. The molecule has 0 heterocycles. The van der Waals surface area contributed by atoms with Gasteiger partial charge < -0.3 is 25.5 Å². The van der Waals surface area contributed by atoms with Crippen molar-refractivity contribution in [2.45, 2.75) is 59.2 Å². The van der Waals surface area contributed by atoms with E-state index in [4.69, 9.17) is 0 Å². The van der Waals surface area contributed by atoms with Crippen LogP contribution in [0.5, 0.6) is 5.75 Å². The number of Topliss-reactive ketones (excluding diaryl/α,β-unsaturated/α-hetero) is 3. The number of phenols is 1. The Labute approximate surface area is 215 Å². The maximum Gasteiger partial charge on any atom is 0.203 e. The molecule has 5 N–H and O–H groups in total. The molecule has 37 heavy (non-hydrogen) atoms. The van der Waals surface area contributed by atoms with Crippen LogP contribution in [0, 0.1) is 22.7 Å². The lowest BCUT2D eigenvalue weighted by Gasteiger charge is -2.63. The Bertz CT molecular complexity index is 1390. The predicted molar refractivity (Wildman–Crippen MR) is 136 cm³/mol. The van der Waals surface area contributed by atoms with Gasteiger partial charge in [0, 0.05) is 16.7 Å². The quantitative estimate of drug-likeness (QED) is 0.307. The van der Waals surface area contributed by atoms with Gasteiger partial charge >= 0.3 is 0 Å².